The SMILES string of the molecule is C=O.C=O.CNC(=O)c1c(-c2ccc(F)cc2)oc2cc(N(C)C)c(-c3cc(Cl)cc(-c4nc5ncccc5o4)c3)cc12. The summed E-state index contributed by atoms with van der Waals surface area (Å²) in [5, 5.41) is 3.81. The molecule has 43 heavy (non-hydrogen) atoms. The second kappa shape index (κ2) is 13.1. The number of benzene rings is 3. The Morgan fingerprint density at radius 2 is 1.60 bits per heavy atom. The molecule has 3 aromatic carbocycles. The molecule has 0 fully saturated rings. The lowest BCUT2D eigenvalue weighted by Crippen LogP contribution is -2.18. The van der Waals surface area contributed by atoms with Crippen molar-refractivity contribution < 1.29 is 27.6 Å². The Morgan fingerprint density at radius 3 is 2.26 bits per heavy atom. The monoisotopic (exact) mass is 600 g/mol. The molecule has 218 valence electrons. The van der Waals surface area contributed by atoms with Crippen LogP contribution in [0.15, 0.2) is 81.8 Å². The van der Waals surface area contributed by atoms with Crippen LogP contribution in [0.25, 0.3) is 56.1 Å². The Kier molecular flexibility index (Phi) is 9.32. The first-order chi connectivity index (χ1) is 20.8. The van der Waals surface area contributed by atoms with E-state index in [1.807, 2.05) is 56.8 Å². The summed E-state index contributed by atoms with van der Waals surface area (Å²) in [4.78, 5) is 39.8. The van der Waals surface area contributed by atoms with E-state index in [9.17, 15) is 9.18 Å². The molecule has 1 N–H and O–H groups in total. The predicted octanol–water partition coefficient (Wildman–Crippen LogP) is 6.82. The fourth-order valence-electron chi connectivity index (χ4n) is 4.65. The maximum Gasteiger partial charge on any atom is 0.255 e. The van der Waals surface area contributed by atoms with Crippen molar-refractivity contribution in [2.45, 2.75) is 0 Å². The lowest BCUT2D eigenvalue weighted by Gasteiger charge is -2.18. The minimum absolute atomic E-state index is 0.317. The van der Waals surface area contributed by atoms with Crippen molar-refractivity contribution in [2.24, 2.45) is 0 Å². The van der Waals surface area contributed by atoms with Crippen LogP contribution in [0, 0.1) is 5.82 Å². The summed E-state index contributed by atoms with van der Waals surface area (Å²) in [6.45, 7) is 4.00. The molecule has 0 aliphatic carbocycles. The lowest BCUT2D eigenvalue weighted by molar-refractivity contribution is -0.0987. The summed E-state index contributed by atoms with van der Waals surface area (Å²) < 4.78 is 25.8. The van der Waals surface area contributed by atoms with Crippen molar-refractivity contribution in [3.05, 3.63) is 89.3 Å². The van der Waals surface area contributed by atoms with Crippen LogP contribution in [-0.2, 0) is 9.59 Å². The number of nitrogens with zero attached hydrogens (tertiary/aromatic N) is 3. The molecule has 0 unspecified atom stereocenters. The smallest absolute Gasteiger partial charge is 0.255 e. The van der Waals surface area contributed by atoms with E-state index < -0.39 is 0 Å². The number of pyridine rings is 1. The molecule has 11 heteroatoms. The molecule has 0 spiro atoms. The number of furan rings is 1. The molecule has 0 bridgehead atoms. The van der Waals surface area contributed by atoms with Crippen LogP contribution in [0.1, 0.15) is 10.4 Å². The van der Waals surface area contributed by atoms with Crippen molar-refractivity contribution >= 4 is 59.0 Å². The summed E-state index contributed by atoms with van der Waals surface area (Å²) in [7, 11) is 5.40. The van der Waals surface area contributed by atoms with Gasteiger partial charge in [-0.2, -0.15) is 4.98 Å². The highest BCUT2D eigenvalue weighted by Gasteiger charge is 2.24. The molecule has 0 aliphatic heterocycles. The molecular weight excluding hydrogens is 575 g/mol. The zero-order valence-electron chi connectivity index (χ0n) is 23.5. The zero-order chi connectivity index (χ0) is 31.3. The molecular formula is C32H26ClFN4O5. The van der Waals surface area contributed by atoms with Crippen molar-refractivity contribution in [1.82, 2.24) is 15.3 Å². The van der Waals surface area contributed by atoms with Crippen molar-refractivity contribution in [1.29, 1.82) is 0 Å². The highest BCUT2D eigenvalue weighted by atomic mass is 35.5. The Labute approximate surface area is 250 Å². The largest absolute Gasteiger partial charge is 0.455 e. The Morgan fingerprint density at radius 1 is 0.907 bits per heavy atom. The molecule has 6 rings (SSSR count). The van der Waals surface area contributed by atoms with Crippen LogP contribution in [0.2, 0.25) is 5.02 Å². The number of rotatable bonds is 5. The third kappa shape index (κ3) is 6.00. The van der Waals surface area contributed by atoms with Crippen molar-refractivity contribution in [2.75, 3.05) is 26.0 Å². The summed E-state index contributed by atoms with van der Waals surface area (Å²) in [6, 6.07) is 18.8. The van der Waals surface area contributed by atoms with Gasteiger partial charge in [-0.1, -0.05) is 11.6 Å². The van der Waals surface area contributed by atoms with E-state index in [0.29, 0.717) is 55.6 Å². The summed E-state index contributed by atoms with van der Waals surface area (Å²) in [5.41, 5.74) is 5.70. The summed E-state index contributed by atoms with van der Waals surface area (Å²) >= 11 is 6.59. The molecule has 9 nitrogen and oxygen atoms in total. The van der Waals surface area contributed by atoms with Gasteiger partial charge in [0.25, 0.3) is 5.91 Å². The van der Waals surface area contributed by atoms with Gasteiger partial charge in [0.2, 0.25) is 5.89 Å². The predicted molar refractivity (Wildman–Crippen MR) is 165 cm³/mol. The highest BCUT2D eigenvalue weighted by Crippen LogP contribution is 2.42. The first-order valence-corrected chi connectivity index (χ1v) is 13.1. The number of anilines is 1. The quantitative estimate of drug-likeness (QED) is 0.229. The number of amides is 1. The van der Waals surface area contributed by atoms with E-state index in [1.165, 1.54) is 12.1 Å². The van der Waals surface area contributed by atoms with Gasteiger partial charge in [0.15, 0.2) is 11.2 Å². The minimum Gasteiger partial charge on any atom is -0.455 e. The van der Waals surface area contributed by atoms with Gasteiger partial charge in [-0.3, -0.25) is 4.79 Å². The molecule has 6 aromatic rings. The molecule has 3 aromatic heterocycles. The van der Waals surface area contributed by atoms with Gasteiger partial charge in [-0.25, -0.2) is 9.37 Å². The summed E-state index contributed by atoms with van der Waals surface area (Å²) in [6.07, 6.45) is 1.66. The zero-order valence-corrected chi connectivity index (χ0v) is 24.2. The molecule has 0 saturated carbocycles. The second-order valence-electron chi connectivity index (χ2n) is 9.22. The number of carbonyl (C=O) groups excluding carboxylic acids is 3. The average Bonchev–Trinajstić information content (AvgIpc) is 3.64. The van der Waals surface area contributed by atoms with E-state index in [0.717, 1.165) is 16.8 Å². The number of hydrogen-bond acceptors (Lipinski definition) is 8. The van der Waals surface area contributed by atoms with Crippen LogP contribution >= 0.6 is 11.6 Å². The molecule has 0 saturated heterocycles. The average molecular weight is 601 g/mol. The van der Waals surface area contributed by atoms with Gasteiger partial charge in [0, 0.05) is 66.2 Å². The fraction of sp³-hybridized carbons (Fsp3) is 0.0938. The Bertz CT molecular complexity index is 1880. The van der Waals surface area contributed by atoms with Gasteiger partial charge in [-0.05, 0) is 66.2 Å². The molecule has 1 amide bonds. The van der Waals surface area contributed by atoms with Crippen molar-refractivity contribution in [3.8, 4) is 33.9 Å². The second-order valence-corrected chi connectivity index (χ2v) is 9.66. The maximum atomic E-state index is 13.6. The highest BCUT2D eigenvalue weighted by molar-refractivity contribution is 6.31. The number of hydrogen-bond donors (Lipinski definition) is 1. The summed E-state index contributed by atoms with van der Waals surface area (Å²) in [5.74, 6) is 0.0623. The maximum absolute atomic E-state index is 13.6. The van der Waals surface area contributed by atoms with Gasteiger partial charge >= 0.3 is 0 Å². The van der Waals surface area contributed by atoms with E-state index in [4.69, 9.17) is 30.0 Å². The number of aromatic nitrogens is 2. The Hall–Kier alpha value is -5.35. The van der Waals surface area contributed by atoms with Crippen molar-refractivity contribution in [3.63, 3.8) is 0 Å². The number of halogens is 2. The van der Waals surface area contributed by atoms with Crippen LogP contribution in [0.4, 0.5) is 10.1 Å². The number of fused-ring (bicyclic) bond motifs is 2. The molecule has 0 radical (unpaired) electrons. The Balaban J connectivity index is 0.00000102. The van der Waals surface area contributed by atoms with Gasteiger partial charge in [0.1, 0.15) is 30.7 Å². The van der Waals surface area contributed by atoms with Crippen LogP contribution < -0.4 is 10.2 Å². The van der Waals surface area contributed by atoms with Gasteiger partial charge < -0.3 is 28.6 Å². The van der Waals surface area contributed by atoms with E-state index >= 15 is 0 Å². The third-order valence-corrected chi connectivity index (χ3v) is 6.69. The third-order valence-electron chi connectivity index (χ3n) is 6.47. The van der Waals surface area contributed by atoms with E-state index in [-0.39, 0.29) is 11.7 Å². The first-order valence-electron chi connectivity index (χ1n) is 12.7. The lowest BCUT2D eigenvalue weighted by atomic mass is 9.97. The standard InChI is InChI=1S/C30H22ClFN4O3.2CH2O/c1-33-29(37)26-22-14-21(23(36(2)3)15-25(22)38-27(26)16-6-8-20(32)9-7-16)17-11-18(13-19(31)12-17)30-35-28-24(39-30)5-4-10-34-28;2*1-2/h4-15H,1-3H3,(H,33,37);2*1H2. The van der Waals surface area contributed by atoms with Gasteiger partial charge in [0.05, 0.1) is 5.56 Å². The minimum atomic E-state index is -0.375. The molecule has 0 aliphatic rings. The van der Waals surface area contributed by atoms with Crippen LogP contribution in [0.3, 0.4) is 0 Å². The number of carbonyl (C=O) groups is 3. The molecule has 3 heterocycles. The van der Waals surface area contributed by atoms with E-state index in [2.05, 4.69) is 15.3 Å². The topological polar surface area (TPSA) is 119 Å². The van der Waals surface area contributed by atoms with E-state index in [1.54, 1.807) is 43.6 Å². The fourth-order valence-corrected chi connectivity index (χ4v) is 4.88. The first kappa shape index (κ1) is 30.6. The number of oxazole rings is 1. The van der Waals surface area contributed by atoms with Crippen LogP contribution in [-0.4, -0.2) is 50.6 Å². The van der Waals surface area contributed by atoms with Crippen LogP contribution in [0.5, 0.6) is 0 Å². The van der Waals surface area contributed by atoms with Gasteiger partial charge in [-0.15, -0.1) is 0 Å². The molecule has 0 atom stereocenters. The number of nitrogens with one attached hydrogen (secondary N) is 1. The normalized spacial score (nSPS) is 10.4.